The van der Waals surface area contributed by atoms with Crippen LogP contribution in [0.1, 0.15) is 44.0 Å². The van der Waals surface area contributed by atoms with Crippen LogP contribution in [0.25, 0.3) is 10.8 Å². The Kier molecular flexibility index (Phi) is 4.34. The number of nitrogens with one attached hydrogen (secondary N) is 1. The van der Waals surface area contributed by atoms with Crippen molar-refractivity contribution < 1.29 is 13.7 Å². The number of nitrogens with two attached hydrogens (primary N) is 1. The predicted molar refractivity (Wildman–Crippen MR) is 108 cm³/mol. The van der Waals surface area contributed by atoms with E-state index in [-0.39, 0.29) is 17.6 Å². The zero-order valence-electron chi connectivity index (χ0n) is 15.8. The van der Waals surface area contributed by atoms with Crippen LogP contribution in [0.3, 0.4) is 0 Å². The smallest absolute Gasteiger partial charge is 0.241 e. The molecule has 4 rings (SSSR count). The fourth-order valence-electron chi connectivity index (χ4n) is 4.01. The van der Waals surface area contributed by atoms with Gasteiger partial charge in [0.05, 0.1) is 10.4 Å². The van der Waals surface area contributed by atoms with Crippen molar-refractivity contribution in [3.8, 4) is 0 Å². The molecule has 1 aliphatic carbocycles. The number of hydrogen-bond acceptors (Lipinski definition) is 2. The average molecular weight is 382 g/mol. The lowest BCUT2D eigenvalue weighted by Crippen LogP contribution is -2.95. The monoisotopic (exact) mass is 381 g/mol. The molecule has 2 atom stereocenters. The first-order valence-electron chi connectivity index (χ1n) is 9.21. The molecule has 0 spiro atoms. The molecule has 3 aromatic carbocycles. The zero-order valence-corrected chi connectivity index (χ0v) is 16.6. The Morgan fingerprint density at radius 3 is 2.11 bits per heavy atom. The molecule has 0 unspecified atom stereocenters. The fraction of sp³-hybridized carbons (Fsp3) is 0.273. The summed E-state index contributed by atoms with van der Waals surface area (Å²) in [6, 6.07) is 20.7. The van der Waals surface area contributed by atoms with Crippen molar-refractivity contribution in [1.82, 2.24) is 4.72 Å². The molecule has 0 heterocycles. The molecule has 0 radical (unpaired) electrons. The van der Waals surface area contributed by atoms with Gasteiger partial charge in [0, 0.05) is 5.56 Å². The normalized spacial score (nSPS) is 19.5. The van der Waals surface area contributed by atoms with Gasteiger partial charge in [-0.1, -0.05) is 54.6 Å². The van der Waals surface area contributed by atoms with E-state index in [1.807, 2.05) is 18.2 Å². The van der Waals surface area contributed by atoms with Gasteiger partial charge < -0.3 is 5.32 Å². The van der Waals surface area contributed by atoms with Crippen LogP contribution in [0, 0.1) is 0 Å². The zero-order chi connectivity index (χ0) is 19.2. The van der Waals surface area contributed by atoms with Crippen molar-refractivity contribution in [3.63, 3.8) is 0 Å². The standard InChI is InChI=1S/C22H24N2O2S/c1-22(2,3)23-20-17-13-7-9-15-10-8-14-18(19(15)17)21(20)24-27(25,26)16-11-5-4-6-12-16/h4-14,20-21,23-24H,1-3H3/p+1/t20-,21+/m0/s1. The summed E-state index contributed by atoms with van der Waals surface area (Å²) < 4.78 is 29.1. The van der Waals surface area contributed by atoms with Gasteiger partial charge in [0.25, 0.3) is 0 Å². The van der Waals surface area contributed by atoms with Crippen LogP contribution in [0.15, 0.2) is 71.6 Å². The molecule has 5 heteroatoms. The van der Waals surface area contributed by atoms with Crippen LogP contribution in [-0.4, -0.2) is 14.0 Å². The second-order valence-corrected chi connectivity index (χ2v) is 9.98. The van der Waals surface area contributed by atoms with E-state index in [4.69, 9.17) is 0 Å². The Labute approximate surface area is 160 Å². The highest BCUT2D eigenvalue weighted by Gasteiger charge is 2.41. The summed E-state index contributed by atoms with van der Waals surface area (Å²) in [5.41, 5.74) is 2.21. The molecule has 0 bridgehead atoms. The van der Waals surface area contributed by atoms with Gasteiger partial charge in [-0.3, -0.25) is 0 Å². The Balaban J connectivity index is 1.82. The number of benzene rings is 3. The number of hydrogen-bond donors (Lipinski definition) is 2. The number of sulfonamides is 1. The third-order valence-corrected chi connectivity index (χ3v) is 6.49. The largest absolute Gasteiger partial charge is 0.334 e. The molecule has 3 aromatic rings. The van der Waals surface area contributed by atoms with Crippen molar-refractivity contribution in [1.29, 1.82) is 0 Å². The maximum atomic E-state index is 13.0. The minimum atomic E-state index is -3.62. The summed E-state index contributed by atoms with van der Waals surface area (Å²) in [5.74, 6) is 0. The first-order valence-corrected chi connectivity index (χ1v) is 10.7. The second-order valence-electron chi connectivity index (χ2n) is 8.26. The lowest BCUT2D eigenvalue weighted by Gasteiger charge is -2.28. The van der Waals surface area contributed by atoms with Crippen molar-refractivity contribution in [2.75, 3.05) is 0 Å². The van der Waals surface area contributed by atoms with Gasteiger partial charge in [-0.2, -0.15) is 4.72 Å². The van der Waals surface area contributed by atoms with E-state index in [0.717, 1.165) is 10.9 Å². The summed E-state index contributed by atoms with van der Waals surface area (Å²) in [4.78, 5) is 0.294. The van der Waals surface area contributed by atoms with Gasteiger partial charge >= 0.3 is 0 Å². The first kappa shape index (κ1) is 18.2. The highest BCUT2D eigenvalue weighted by molar-refractivity contribution is 7.89. The van der Waals surface area contributed by atoms with Crippen molar-refractivity contribution in [2.45, 2.75) is 43.3 Å². The third-order valence-electron chi connectivity index (χ3n) is 5.04. The van der Waals surface area contributed by atoms with Gasteiger partial charge in [-0.15, -0.1) is 0 Å². The topological polar surface area (TPSA) is 62.8 Å². The van der Waals surface area contributed by atoms with E-state index >= 15 is 0 Å². The van der Waals surface area contributed by atoms with Crippen LogP contribution in [0.4, 0.5) is 0 Å². The minimum Gasteiger partial charge on any atom is -0.334 e. The Morgan fingerprint density at radius 2 is 1.48 bits per heavy atom. The summed E-state index contributed by atoms with van der Waals surface area (Å²) in [6.07, 6.45) is 0. The molecule has 0 fully saturated rings. The molecule has 0 amide bonds. The van der Waals surface area contributed by atoms with Crippen molar-refractivity contribution in [3.05, 3.63) is 77.9 Å². The van der Waals surface area contributed by atoms with Crippen LogP contribution in [-0.2, 0) is 10.0 Å². The van der Waals surface area contributed by atoms with Gasteiger partial charge in [0.15, 0.2) is 0 Å². The molecule has 0 saturated carbocycles. The van der Waals surface area contributed by atoms with Gasteiger partial charge in [0.2, 0.25) is 10.0 Å². The minimum absolute atomic E-state index is 0.00964. The van der Waals surface area contributed by atoms with Crippen molar-refractivity contribution in [2.24, 2.45) is 0 Å². The number of rotatable bonds is 4. The third kappa shape index (κ3) is 3.38. The molecular weight excluding hydrogens is 356 g/mol. The second kappa shape index (κ2) is 6.44. The maximum Gasteiger partial charge on any atom is 0.241 e. The lowest BCUT2D eigenvalue weighted by molar-refractivity contribution is -0.756. The van der Waals surface area contributed by atoms with E-state index in [0.29, 0.717) is 4.90 Å². The molecular formula is C22H25N2O2S+. The predicted octanol–water partition coefficient (Wildman–Crippen LogP) is 3.28. The van der Waals surface area contributed by atoms with Crippen molar-refractivity contribution >= 4 is 20.8 Å². The average Bonchev–Trinajstić information content (AvgIpc) is 2.90. The molecule has 0 aromatic heterocycles. The molecule has 1 aliphatic rings. The highest BCUT2D eigenvalue weighted by atomic mass is 32.2. The Hall–Kier alpha value is -2.21. The molecule has 140 valence electrons. The molecule has 4 nitrogen and oxygen atoms in total. The van der Waals surface area contributed by atoms with Crippen LogP contribution >= 0.6 is 0 Å². The SMILES string of the molecule is CC(C)(C)[NH2+][C@H]1c2cccc3cccc(c23)[C@H]1NS(=O)(=O)c1ccccc1. The Bertz CT molecular complexity index is 1080. The van der Waals surface area contributed by atoms with E-state index < -0.39 is 10.0 Å². The van der Waals surface area contributed by atoms with Crippen LogP contribution < -0.4 is 10.0 Å². The quantitative estimate of drug-likeness (QED) is 0.729. The Morgan fingerprint density at radius 1 is 0.852 bits per heavy atom. The fourth-order valence-corrected chi connectivity index (χ4v) is 5.27. The van der Waals surface area contributed by atoms with E-state index in [2.05, 4.69) is 55.1 Å². The summed E-state index contributed by atoms with van der Waals surface area (Å²) in [6.45, 7) is 6.45. The van der Waals surface area contributed by atoms with Gasteiger partial charge in [0.1, 0.15) is 12.1 Å². The molecule has 3 N–H and O–H groups in total. The van der Waals surface area contributed by atoms with Crippen LogP contribution in [0.2, 0.25) is 0 Å². The lowest BCUT2D eigenvalue weighted by atomic mass is 10.0. The molecule has 0 aliphatic heterocycles. The highest BCUT2D eigenvalue weighted by Crippen LogP contribution is 2.43. The van der Waals surface area contributed by atoms with E-state index in [1.165, 1.54) is 10.9 Å². The number of quaternary nitrogens is 1. The molecule has 0 saturated heterocycles. The van der Waals surface area contributed by atoms with E-state index in [1.54, 1.807) is 24.3 Å². The summed E-state index contributed by atoms with van der Waals surface area (Å²) in [5, 5.41) is 4.59. The maximum absolute atomic E-state index is 13.0. The summed E-state index contributed by atoms with van der Waals surface area (Å²) >= 11 is 0. The van der Waals surface area contributed by atoms with Gasteiger partial charge in [-0.25, -0.2) is 8.42 Å². The van der Waals surface area contributed by atoms with Gasteiger partial charge in [-0.05, 0) is 49.2 Å². The molecule has 27 heavy (non-hydrogen) atoms. The van der Waals surface area contributed by atoms with E-state index in [9.17, 15) is 8.42 Å². The van der Waals surface area contributed by atoms with Crippen LogP contribution in [0.5, 0.6) is 0 Å². The first-order chi connectivity index (χ1) is 12.8. The summed E-state index contributed by atoms with van der Waals surface area (Å²) in [7, 11) is -3.62.